The zero-order valence-corrected chi connectivity index (χ0v) is 9.60. The summed E-state index contributed by atoms with van der Waals surface area (Å²) in [6.45, 7) is 0. The van der Waals surface area contributed by atoms with E-state index in [1.165, 1.54) is 4.68 Å². The van der Waals surface area contributed by atoms with Crippen molar-refractivity contribution < 1.29 is 4.79 Å². The lowest BCUT2D eigenvalue weighted by Gasteiger charge is -2.04. The van der Waals surface area contributed by atoms with Crippen LogP contribution in [0.2, 0.25) is 0 Å². The van der Waals surface area contributed by atoms with Gasteiger partial charge in [-0.3, -0.25) is 4.79 Å². The van der Waals surface area contributed by atoms with E-state index in [0.29, 0.717) is 5.56 Å². The number of benzene rings is 1. The highest BCUT2D eigenvalue weighted by Gasteiger charge is 2.07. The molecule has 0 aliphatic rings. The van der Waals surface area contributed by atoms with Crippen molar-refractivity contribution in [1.82, 2.24) is 14.3 Å². The molecule has 2 heterocycles. The lowest BCUT2D eigenvalue weighted by molar-refractivity contribution is 0.0945. The Kier molecular flexibility index (Phi) is 2.53. The van der Waals surface area contributed by atoms with Gasteiger partial charge in [0.25, 0.3) is 5.91 Å². The van der Waals surface area contributed by atoms with E-state index in [-0.39, 0.29) is 5.91 Å². The van der Waals surface area contributed by atoms with E-state index in [1.54, 1.807) is 30.6 Å². The van der Waals surface area contributed by atoms with E-state index >= 15 is 0 Å². The molecule has 3 aromatic rings. The Balaban J connectivity index is 1.90. The molecule has 0 N–H and O–H groups in total. The van der Waals surface area contributed by atoms with Gasteiger partial charge in [-0.1, -0.05) is 0 Å². The SMILES string of the molecule is O=C(c1ccc(-n2cccc2)cc1)n1cccn1. The van der Waals surface area contributed by atoms with Crippen LogP contribution in [-0.2, 0) is 0 Å². The fourth-order valence-electron chi connectivity index (χ4n) is 1.80. The van der Waals surface area contributed by atoms with Crippen LogP contribution in [0.3, 0.4) is 0 Å². The lowest BCUT2D eigenvalue weighted by atomic mass is 10.2. The molecule has 0 aliphatic heterocycles. The van der Waals surface area contributed by atoms with Gasteiger partial charge < -0.3 is 4.57 Å². The number of nitrogens with zero attached hydrogens (tertiary/aromatic N) is 3. The van der Waals surface area contributed by atoms with Crippen LogP contribution in [0.5, 0.6) is 0 Å². The Bertz CT molecular complexity index is 637. The number of aromatic nitrogens is 3. The minimum atomic E-state index is -0.126. The molecule has 3 rings (SSSR count). The van der Waals surface area contributed by atoms with Gasteiger partial charge in [-0.05, 0) is 42.5 Å². The van der Waals surface area contributed by atoms with E-state index in [1.807, 2.05) is 41.2 Å². The molecule has 88 valence electrons. The molecule has 0 saturated heterocycles. The molecule has 1 aromatic carbocycles. The monoisotopic (exact) mass is 237 g/mol. The van der Waals surface area contributed by atoms with Crippen LogP contribution >= 0.6 is 0 Å². The fraction of sp³-hybridized carbons (Fsp3) is 0. The minimum absolute atomic E-state index is 0.126. The van der Waals surface area contributed by atoms with Crippen molar-refractivity contribution in [1.29, 1.82) is 0 Å². The molecule has 18 heavy (non-hydrogen) atoms. The van der Waals surface area contributed by atoms with E-state index < -0.39 is 0 Å². The summed E-state index contributed by atoms with van der Waals surface area (Å²) in [5, 5.41) is 3.93. The zero-order valence-electron chi connectivity index (χ0n) is 9.60. The van der Waals surface area contributed by atoms with Gasteiger partial charge in [0.1, 0.15) is 0 Å². The zero-order chi connectivity index (χ0) is 12.4. The normalized spacial score (nSPS) is 10.4. The van der Waals surface area contributed by atoms with Crippen molar-refractivity contribution in [3.63, 3.8) is 0 Å². The van der Waals surface area contributed by atoms with Crippen LogP contribution in [0.25, 0.3) is 5.69 Å². The molecule has 2 aromatic heterocycles. The third-order valence-electron chi connectivity index (χ3n) is 2.73. The second-order valence-corrected chi connectivity index (χ2v) is 3.89. The minimum Gasteiger partial charge on any atom is -0.324 e. The number of carbonyl (C=O) groups is 1. The third kappa shape index (κ3) is 1.84. The summed E-state index contributed by atoms with van der Waals surface area (Å²) < 4.78 is 3.31. The molecule has 4 nitrogen and oxygen atoms in total. The molecule has 0 saturated carbocycles. The fourth-order valence-corrected chi connectivity index (χ4v) is 1.80. The molecule has 0 amide bonds. The Hall–Kier alpha value is -2.62. The Labute approximate surface area is 104 Å². The molecular formula is C14H11N3O. The maximum Gasteiger partial charge on any atom is 0.278 e. The highest BCUT2D eigenvalue weighted by atomic mass is 16.2. The summed E-state index contributed by atoms with van der Waals surface area (Å²) in [5.41, 5.74) is 1.65. The number of hydrogen-bond acceptors (Lipinski definition) is 2. The molecule has 0 spiro atoms. The second kappa shape index (κ2) is 4.33. The standard InChI is InChI=1S/C14H11N3O/c18-14(17-11-3-8-15-17)12-4-6-13(7-5-12)16-9-1-2-10-16/h1-11H. The van der Waals surface area contributed by atoms with Crippen LogP contribution in [0.1, 0.15) is 10.4 Å². The molecule has 0 fully saturated rings. The highest BCUT2D eigenvalue weighted by molar-refractivity contribution is 5.95. The number of hydrogen-bond donors (Lipinski definition) is 0. The Morgan fingerprint density at radius 2 is 1.67 bits per heavy atom. The summed E-state index contributed by atoms with van der Waals surface area (Å²) in [4.78, 5) is 12.0. The van der Waals surface area contributed by atoms with Gasteiger partial charge in [0.15, 0.2) is 0 Å². The van der Waals surface area contributed by atoms with Crippen LogP contribution in [0.4, 0.5) is 0 Å². The number of rotatable bonds is 2. The third-order valence-corrected chi connectivity index (χ3v) is 2.73. The van der Waals surface area contributed by atoms with Gasteiger partial charge in [-0.25, -0.2) is 4.68 Å². The predicted molar refractivity (Wildman–Crippen MR) is 67.7 cm³/mol. The molecule has 4 heteroatoms. The average Bonchev–Trinajstić information content (AvgIpc) is 3.11. The van der Waals surface area contributed by atoms with E-state index in [0.717, 1.165) is 5.69 Å². The van der Waals surface area contributed by atoms with Gasteiger partial charge in [0.05, 0.1) is 0 Å². The molecule has 0 radical (unpaired) electrons. The van der Waals surface area contributed by atoms with Crippen LogP contribution in [0, 0.1) is 0 Å². The topological polar surface area (TPSA) is 39.8 Å². The summed E-state index contributed by atoms with van der Waals surface area (Å²) in [6, 6.07) is 13.1. The smallest absolute Gasteiger partial charge is 0.278 e. The first-order chi connectivity index (χ1) is 8.84. The molecular weight excluding hydrogens is 226 g/mol. The van der Waals surface area contributed by atoms with Crippen molar-refractivity contribution in [3.05, 3.63) is 72.8 Å². The van der Waals surface area contributed by atoms with E-state index in [4.69, 9.17) is 0 Å². The van der Waals surface area contributed by atoms with Gasteiger partial charge in [-0.2, -0.15) is 5.10 Å². The molecule has 0 unspecified atom stereocenters. The van der Waals surface area contributed by atoms with E-state index in [9.17, 15) is 4.79 Å². The van der Waals surface area contributed by atoms with Crippen molar-refractivity contribution in [2.45, 2.75) is 0 Å². The summed E-state index contributed by atoms with van der Waals surface area (Å²) in [5.74, 6) is -0.126. The maximum atomic E-state index is 12.0. The molecule has 0 aliphatic carbocycles. The van der Waals surface area contributed by atoms with Crippen molar-refractivity contribution in [2.24, 2.45) is 0 Å². The summed E-state index contributed by atoms with van der Waals surface area (Å²) in [7, 11) is 0. The quantitative estimate of drug-likeness (QED) is 0.686. The Morgan fingerprint density at radius 1 is 0.944 bits per heavy atom. The largest absolute Gasteiger partial charge is 0.324 e. The first-order valence-corrected chi connectivity index (χ1v) is 5.62. The maximum absolute atomic E-state index is 12.0. The average molecular weight is 237 g/mol. The van der Waals surface area contributed by atoms with Crippen LogP contribution in [0.15, 0.2) is 67.3 Å². The van der Waals surface area contributed by atoms with Crippen LogP contribution in [-0.4, -0.2) is 20.3 Å². The van der Waals surface area contributed by atoms with Gasteiger partial charge in [0.2, 0.25) is 0 Å². The summed E-state index contributed by atoms with van der Waals surface area (Å²) in [6.07, 6.45) is 7.16. The predicted octanol–water partition coefficient (Wildman–Crippen LogP) is 2.36. The van der Waals surface area contributed by atoms with Crippen molar-refractivity contribution in [3.8, 4) is 5.69 Å². The first-order valence-electron chi connectivity index (χ1n) is 5.62. The lowest BCUT2D eigenvalue weighted by Crippen LogP contribution is -2.12. The first kappa shape index (κ1) is 10.5. The summed E-state index contributed by atoms with van der Waals surface area (Å²) >= 11 is 0. The van der Waals surface area contributed by atoms with Gasteiger partial charge in [0, 0.05) is 36.0 Å². The van der Waals surface area contributed by atoms with Gasteiger partial charge >= 0.3 is 0 Å². The number of carbonyl (C=O) groups excluding carboxylic acids is 1. The highest BCUT2D eigenvalue weighted by Crippen LogP contribution is 2.10. The Morgan fingerprint density at radius 3 is 2.28 bits per heavy atom. The van der Waals surface area contributed by atoms with Gasteiger partial charge in [-0.15, -0.1) is 0 Å². The van der Waals surface area contributed by atoms with Crippen molar-refractivity contribution in [2.75, 3.05) is 0 Å². The molecule has 0 bridgehead atoms. The van der Waals surface area contributed by atoms with Crippen molar-refractivity contribution >= 4 is 5.91 Å². The van der Waals surface area contributed by atoms with E-state index in [2.05, 4.69) is 5.10 Å². The van der Waals surface area contributed by atoms with Crippen LogP contribution < -0.4 is 0 Å². The second-order valence-electron chi connectivity index (χ2n) is 3.89. The molecule has 0 atom stereocenters.